The van der Waals surface area contributed by atoms with E-state index in [2.05, 4.69) is 41.5 Å². The molecule has 0 aliphatic rings. The Morgan fingerprint density at radius 1 is 0.600 bits per heavy atom. The van der Waals surface area contributed by atoms with Crippen LogP contribution in [0.3, 0.4) is 0 Å². The van der Waals surface area contributed by atoms with Crippen molar-refractivity contribution in [2.24, 2.45) is 0 Å². The summed E-state index contributed by atoms with van der Waals surface area (Å²) in [5.41, 5.74) is 8.79. The molecule has 0 radical (unpaired) electrons. The van der Waals surface area contributed by atoms with Crippen LogP contribution in [0.25, 0.3) is 0 Å². The summed E-state index contributed by atoms with van der Waals surface area (Å²) < 4.78 is 0. The lowest BCUT2D eigenvalue weighted by Gasteiger charge is -2.11. The van der Waals surface area contributed by atoms with Gasteiger partial charge in [-0.05, 0) is 99.2 Å². The highest BCUT2D eigenvalue weighted by atomic mass is 16.1. The molecule has 2 aromatic carbocycles. The smallest absolute Gasteiger partial charge is 0.193 e. The first-order chi connectivity index (χ1) is 9.31. The number of carbonyl (C=O) groups excluding carboxylic acids is 1. The molecule has 2 aromatic rings. The molecule has 0 fully saturated rings. The van der Waals surface area contributed by atoms with E-state index >= 15 is 0 Å². The molecular weight excluding hydrogens is 244 g/mol. The van der Waals surface area contributed by atoms with Crippen LogP contribution in [0.2, 0.25) is 0 Å². The van der Waals surface area contributed by atoms with Gasteiger partial charge in [0, 0.05) is 11.1 Å². The minimum Gasteiger partial charge on any atom is -0.289 e. The maximum atomic E-state index is 12.7. The highest BCUT2D eigenvalue weighted by Gasteiger charge is 2.13. The number of aryl methyl sites for hydroxylation is 4. The number of rotatable bonds is 2. The van der Waals surface area contributed by atoms with Gasteiger partial charge in [-0.3, -0.25) is 4.79 Å². The highest BCUT2D eigenvalue weighted by molar-refractivity contribution is 6.09. The average molecular weight is 266 g/mol. The molecule has 0 aromatic heterocycles. The molecule has 0 amide bonds. The van der Waals surface area contributed by atoms with E-state index < -0.39 is 0 Å². The van der Waals surface area contributed by atoms with Crippen molar-refractivity contribution >= 4 is 5.78 Å². The van der Waals surface area contributed by atoms with Crippen LogP contribution in [0, 0.1) is 41.5 Å². The second-order valence-corrected chi connectivity index (χ2v) is 5.80. The number of hydrogen-bond donors (Lipinski definition) is 0. The Balaban J connectivity index is 2.52. The molecule has 0 heterocycles. The van der Waals surface area contributed by atoms with Crippen LogP contribution in [0.1, 0.15) is 49.3 Å². The van der Waals surface area contributed by atoms with Crippen molar-refractivity contribution in [3.8, 4) is 0 Å². The van der Waals surface area contributed by atoms with Gasteiger partial charge in [0.15, 0.2) is 5.78 Å². The van der Waals surface area contributed by atoms with Crippen LogP contribution < -0.4 is 0 Å². The minimum absolute atomic E-state index is 0.113. The molecular formula is C19H22O. The largest absolute Gasteiger partial charge is 0.289 e. The van der Waals surface area contributed by atoms with Crippen molar-refractivity contribution in [1.82, 2.24) is 0 Å². The summed E-state index contributed by atoms with van der Waals surface area (Å²) in [4.78, 5) is 12.7. The number of ketones is 1. The van der Waals surface area contributed by atoms with Gasteiger partial charge >= 0.3 is 0 Å². The predicted octanol–water partition coefficient (Wildman–Crippen LogP) is 4.77. The van der Waals surface area contributed by atoms with Gasteiger partial charge in [0.2, 0.25) is 0 Å². The van der Waals surface area contributed by atoms with E-state index in [-0.39, 0.29) is 5.78 Å². The molecule has 0 spiro atoms. The number of hydrogen-bond acceptors (Lipinski definition) is 1. The zero-order valence-electron chi connectivity index (χ0n) is 13.2. The third kappa shape index (κ3) is 2.53. The number of carbonyl (C=O) groups is 1. The zero-order valence-corrected chi connectivity index (χ0v) is 13.2. The Hall–Kier alpha value is -1.89. The van der Waals surface area contributed by atoms with Gasteiger partial charge in [-0.15, -0.1) is 0 Å². The fraction of sp³-hybridized carbons (Fsp3) is 0.316. The minimum atomic E-state index is 0.113. The number of benzene rings is 2. The van der Waals surface area contributed by atoms with Crippen LogP contribution in [0.4, 0.5) is 0 Å². The van der Waals surface area contributed by atoms with Gasteiger partial charge in [-0.2, -0.15) is 0 Å². The molecule has 20 heavy (non-hydrogen) atoms. The van der Waals surface area contributed by atoms with E-state index in [9.17, 15) is 4.79 Å². The van der Waals surface area contributed by atoms with E-state index in [1.54, 1.807) is 0 Å². The first-order valence-corrected chi connectivity index (χ1v) is 7.01. The Morgan fingerprint density at radius 3 is 1.10 bits per heavy atom. The fourth-order valence-corrected chi connectivity index (χ4v) is 2.50. The van der Waals surface area contributed by atoms with Crippen LogP contribution >= 0.6 is 0 Å². The van der Waals surface area contributed by atoms with Gasteiger partial charge in [-0.25, -0.2) is 0 Å². The quantitative estimate of drug-likeness (QED) is 0.716. The summed E-state index contributed by atoms with van der Waals surface area (Å²) in [7, 11) is 0. The van der Waals surface area contributed by atoms with Crippen molar-refractivity contribution in [1.29, 1.82) is 0 Å². The third-order valence-corrected chi connectivity index (χ3v) is 4.38. The lowest BCUT2D eigenvalue weighted by Crippen LogP contribution is -2.05. The predicted molar refractivity (Wildman–Crippen MR) is 84.7 cm³/mol. The average Bonchev–Trinajstić information content (AvgIpc) is 2.40. The van der Waals surface area contributed by atoms with Crippen LogP contribution in [-0.4, -0.2) is 5.78 Å². The molecule has 1 nitrogen and oxygen atoms in total. The molecule has 0 saturated carbocycles. The van der Waals surface area contributed by atoms with Gasteiger partial charge in [0.1, 0.15) is 0 Å². The van der Waals surface area contributed by atoms with E-state index in [0.717, 1.165) is 11.1 Å². The molecule has 0 bridgehead atoms. The monoisotopic (exact) mass is 266 g/mol. The lowest BCUT2D eigenvalue weighted by molar-refractivity contribution is 0.103. The molecule has 0 aliphatic heterocycles. The van der Waals surface area contributed by atoms with Gasteiger partial charge in [0.25, 0.3) is 0 Å². The maximum Gasteiger partial charge on any atom is 0.193 e. The first kappa shape index (κ1) is 14.5. The first-order valence-electron chi connectivity index (χ1n) is 7.01. The van der Waals surface area contributed by atoms with Crippen LogP contribution in [0.15, 0.2) is 24.3 Å². The van der Waals surface area contributed by atoms with E-state index in [1.807, 2.05) is 24.3 Å². The summed E-state index contributed by atoms with van der Waals surface area (Å²) in [5.74, 6) is 0.113. The fourth-order valence-electron chi connectivity index (χ4n) is 2.50. The Kier molecular flexibility index (Phi) is 3.80. The molecule has 104 valence electrons. The molecule has 0 atom stereocenters. The molecule has 1 heteroatoms. The Bertz CT molecular complexity index is 587. The SMILES string of the molecule is Cc1cc(C(=O)c2cc(C)c(C)c(C)c2)cc(C)c1C. The zero-order chi connectivity index (χ0) is 15.0. The van der Waals surface area contributed by atoms with E-state index in [4.69, 9.17) is 0 Å². The summed E-state index contributed by atoms with van der Waals surface area (Å²) in [6, 6.07) is 7.98. The standard InChI is InChI=1S/C19H22O/c1-11-7-17(8-12(2)15(11)5)19(20)18-9-13(3)16(6)14(4)10-18/h7-10H,1-6H3. The highest BCUT2D eigenvalue weighted by Crippen LogP contribution is 2.21. The molecule has 0 aliphatic carbocycles. The summed E-state index contributed by atoms with van der Waals surface area (Å²) >= 11 is 0. The van der Waals surface area contributed by atoms with Crippen molar-refractivity contribution in [2.45, 2.75) is 41.5 Å². The van der Waals surface area contributed by atoms with E-state index in [1.165, 1.54) is 33.4 Å². The Morgan fingerprint density at radius 2 is 0.850 bits per heavy atom. The lowest BCUT2D eigenvalue weighted by atomic mass is 9.93. The summed E-state index contributed by atoms with van der Waals surface area (Å²) in [5, 5.41) is 0. The topological polar surface area (TPSA) is 17.1 Å². The van der Waals surface area contributed by atoms with Gasteiger partial charge in [-0.1, -0.05) is 0 Å². The van der Waals surface area contributed by atoms with Crippen LogP contribution in [-0.2, 0) is 0 Å². The van der Waals surface area contributed by atoms with Gasteiger partial charge in [0.05, 0.1) is 0 Å². The van der Waals surface area contributed by atoms with Crippen molar-refractivity contribution in [3.63, 3.8) is 0 Å². The third-order valence-electron chi connectivity index (χ3n) is 4.38. The van der Waals surface area contributed by atoms with Crippen molar-refractivity contribution < 1.29 is 4.79 Å². The van der Waals surface area contributed by atoms with Crippen molar-refractivity contribution in [3.05, 3.63) is 68.8 Å². The second-order valence-electron chi connectivity index (χ2n) is 5.80. The normalized spacial score (nSPS) is 10.7. The molecule has 2 rings (SSSR count). The molecule has 0 N–H and O–H groups in total. The van der Waals surface area contributed by atoms with E-state index in [0.29, 0.717) is 0 Å². The van der Waals surface area contributed by atoms with Crippen LogP contribution in [0.5, 0.6) is 0 Å². The Labute approximate surface area is 121 Å². The summed E-state index contributed by atoms with van der Waals surface area (Å²) in [6.45, 7) is 12.4. The molecule has 0 saturated heterocycles. The van der Waals surface area contributed by atoms with Gasteiger partial charge < -0.3 is 0 Å². The molecule has 0 unspecified atom stereocenters. The van der Waals surface area contributed by atoms with Crippen molar-refractivity contribution in [2.75, 3.05) is 0 Å². The maximum absolute atomic E-state index is 12.7. The second kappa shape index (κ2) is 5.24. The summed E-state index contributed by atoms with van der Waals surface area (Å²) in [6.07, 6.45) is 0.